The molecule has 0 aliphatic rings. The van der Waals surface area contributed by atoms with E-state index in [1.54, 1.807) is 18.2 Å². The molecule has 2 aromatic rings. The molecule has 2 rings (SSSR count). The molecule has 0 spiro atoms. The van der Waals surface area contributed by atoms with E-state index >= 15 is 0 Å². The van der Waals surface area contributed by atoms with Crippen LogP contribution in [0.3, 0.4) is 0 Å². The molecule has 1 aromatic heterocycles. The van der Waals surface area contributed by atoms with Crippen LogP contribution in [0.2, 0.25) is 0 Å². The van der Waals surface area contributed by atoms with Crippen LogP contribution in [0.15, 0.2) is 28.9 Å². The average molecular weight is 383 g/mol. The number of nitrogens with one attached hydrogen (secondary N) is 2. The number of nitro groups is 1. The van der Waals surface area contributed by atoms with E-state index in [2.05, 4.69) is 31.5 Å². The Hall–Kier alpha value is -2.42. The zero-order valence-corrected chi connectivity index (χ0v) is 13.7. The topological polar surface area (TPSA) is 117 Å². The van der Waals surface area contributed by atoms with Crippen molar-refractivity contribution in [1.29, 1.82) is 0 Å². The highest BCUT2D eigenvalue weighted by molar-refractivity contribution is 9.10. The van der Waals surface area contributed by atoms with E-state index in [4.69, 9.17) is 5.11 Å². The minimum atomic E-state index is -1.06. The van der Waals surface area contributed by atoms with Gasteiger partial charge in [-0.25, -0.2) is 9.78 Å². The van der Waals surface area contributed by atoms with E-state index < -0.39 is 11.0 Å². The fourth-order valence-electron chi connectivity index (χ4n) is 2.14. The maximum Gasteiger partial charge on any atom is 0.404 e. The summed E-state index contributed by atoms with van der Waals surface area (Å²) in [6.07, 6.45) is 1.50. The molecular weight excluding hydrogens is 368 g/mol. The van der Waals surface area contributed by atoms with Crippen LogP contribution in [0.4, 0.5) is 16.2 Å². The zero-order valence-electron chi connectivity index (χ0n) is 12.1. The summed E-state index contributed by atoms with van der Waals surface area (Å²) in [4.78, 5) is 25.2. The van der Waals surface area contributed by atoms with Gasteiger partial charge in [-0.3, -0.25) is 10.1 Å². The second-order valence-electron chi connectivity index (χ2n) is 4.80. The standard InChI is InChI=1S/C14H15BrN4O4/c15-9-3-4-10-11(7-9)18-8-12(19(22)23)13(10)16-5-1-2-6-17-14(20)21/h3-4,7-8,17H,1-2,5-6H2,(H,16,18)(H,20,21). The first-order chi connectivity index (χ1) is 11.0. The molecule has 1 heterocycles. The van der Waals surface area contributed by atoms with E-state index in [1.807, 2.05) is 0 Å². The molecule has 0 saturated heterocycles. The molecule has 0 saturated carbocycles. The van der Waals surface area contributed by atoms with E-state index in [0.29, 0.717) is 42.5 Å². The number of rotatable bonds is 7. The number of hydrogen-bond donors (Lipinski definition) is 3. The molecule has 9 heteroatoms. The molecule has 0 fully saturated rings. The highest BCUT2D eigenvalue weighted by Crippen LogP contribution is 2.32. The van der Waals surface area contributed by atoms with Gasteiger partial charge >= 0.3 is 11.8 Å². The van der Waals surface area contributed by atoms with Gasteiger partial charge in [0, 0.05) is 22.9 Å². The first-order valence-electron chi connectivity index (χ1n) is 6.92. The van der Waals surface area contributed by atoms with Crippen LogP contribution in [0, 0.1) is 10.1 Å². The predicted octanol–water partition coefficient (Wildman–Crippen LogP) is 3.37. The normalized spacial score (nSPS) is 10.5. The molecule has 0 bridgehead atoms. The number of amides is 1. The van der Waals surface area contributed by atoms with Crippen LogP contribution in [0.5, 0.6) is 0 Å². The quantitative estimate of drug-likeness (QED) is 0.383. The smallest absolute Gasteiger partial charge is 0.404 e. The Morgan fingerprint density at radius 3 is 2.78 bits per heavy atom. The number of carbonyl (C=O) groups is 1. The first-order valence-corrected chi connectivity index (χ1v) is 7.71. The van der Waals surface area contributed by atoms with Gasteiger partial charge in [0.1, 0.15) is 11.9 Å². The number of fused-ring (bicyclic) bond motifs is 1. The van der Waals surface area contributed by atoms with E-state index in [0.717, 1.165) is 4.47 Å². The number of hydrogen-bond acceptors (Lipinski definition) is 5. The first kappa shape index (κ1) is 16.9. The van der Waals surface area contributed by atoms with Crippen LogP contribution in [0.1, 0.15) is 12.8 Å². The Labute approximate surface area is 140 Å². The summed E-state index contributed by atoms with van der Waals surface area (Å²) in [5, 5.41) is 25.7. The lowest BCUT2D eigenvalue weighted by molar-refractivity contribution is -0.384. The van der Waals surface area contributed by atoms with Gasteiger partial charge < -0.3 is 15.7 Å². The molecule has 0 unspecified atom stereocenters. The number of unbranched alkanes of at least 4 members (excludes halogenated alkanes) is 1. The van der Waals surface area contributed by atoms with Crippen molar-refractivity contribution in [3.8, 4) is 0 Å². The summed E-state index contributed by atoms with van der Waals surface area (Å²) in [5.74, 6) is 0. The number of carboxylic acid groups (broad SMARTS) is 1. The van der Waals surface area contributed by atoms with Crippen molar-refractivity contribution in [3.05, 3.63) is 39.0 Å². The molecule has 122 valence electrons. The Morgan fingerprint density at radius 2 is 2.09 bits per heavy atom. The highest BCUT2D eigenvalue weighted by atomic mass is 79.9. The second kappa shape index (κ2) is 7.73. The Kier molecular flexibility index (Phi) is 5.69. The largest absolute Gasteiger partial charge is 0.465 e. The Balaban J connectivity index is 2.12. The van der Waals surface area contributed by atoms with Crippen molar-refractivity contribution < 1.29 is 14.8 Å². The molecule has 0 radical (unpaired) electrons. The summed E-state index contributed by atoms with van der Waals surface area (Å²) < 4.78 is 0.844. The fourth-order valence-corrected chi connectivity index (χ4v) is 2.49. The number of halogens is 1. The average Bonchev–Trinajstić information content (AvgIpc) is 2.49. The van der Waals surface area contributed by atoms with Crippen LogP contribution in [0.25, 0.3) is 10.9 Å². The van der Waals surface area contributed by atoms with Crippen molar-refractivity contribution >= 4 is 44.3 Å². The minimum Gasteiger partial charge on any atom is -0.465 e. The lowest BCUT2D eigenvalue weighted by Crippen LogP contribution is -2.22. The highest BCUT2D eigenvalue weighted by Gasteiger charge is 2.17. The maximum atomic E-state index is 11.2. The fraction of sp³-hybridized carbons (Fsp3) is 0.286. The number of benzene rings is 1. The van der Waals surface area contributed by atoms with Crippen molar-refractivity contribution in [3.63, 3.8) is 0 Å². The third-order valence-electron chi connectivity index (χ3n) is 3.19. The SMILES string of the molecule is O=C(O)NCCCCNc1c([N+](=O)[O-])cnc2cc(Br)ccc12. The van der Waals surface area contributed by atoms with Gasteiger partial charge in [-0.2, -0.15) is 0 Å². The number of nitrogens with zero attached hydrogens (tertiary/aromatic N) is 2. The number of pyridine rings is 1. The summed E-state index contributed by atoms with van der Waals surface area (Å²) in [6.45, 7) is 0.848. The van der Waals surface area contributed by atoms with Gasteiger partial charge in [0.2, 0.25) is 0 Å². The van der Waals surface area contributed by atoms with Gasteiger partial charge in [-0.1, -0.05) is 15.9 Å². The molecule has 8 nitrogen and oxygen atoms in total. The summed E-state index contributed by atoms with van der Waals surface area (Å²) in [7, 11) is 0. The summed E-state index contributed by atoms with van der Waals surface area (Å²) >= 11 is 3.35. The third kappa shape index (κ3) is 4.52. The van der Waals surface area contributed by atoms with E-state index in [-0.39, 0.29) is 5.69 Å². The number of aromatic nitrogens is 1. The number of anilines is 1. The van der Waals surface area contributed by atoms with Crippen molar-refractivity contribution in [2.75, 3.05) is 18.4 Å². The van der Waals surface area contributed by atoms with Gasteiger partial charge in [0.15, 0.2) is 0 Å². The molecule has 0 aliphatic carbocycles. The molecular formula is C14H15BrN4O4. The Morgan fingerprint density at radius 1 is 1.35 bits per heavy atom. The predicted molar refractivity (Wildman–Crippen MR) is 89.8 cm³/mol. The van der Waals surface area contributed by atoms with Gasteiger partial charge in [0.05, 0.1) is 10.4 Å². The zero-order chi connectivity index (χ0) is 16.8. The minimum absolute atomic E-state index is 0.0801. The molecule has 1 amide bonds. The second-order valence-corrected chi connectivity index (χ2v) is 5.72. The van der Waals surface area contributed by atoms with Gasteiger partial charge in [-0.15, -0.1) is 0 Å². The van der Waals surface area contributed by atoms with Gasteiger partial charge in [-0.05, 0) is 31.0 Å². The van der Waals surface area contributed by atoms with Crippen LogP contribution in [-0.4, -0.2) is 34.2 Å². The Bertz CT molecular complexity index is 738. The van der Waals surface area contributed by atoms with Crippen LogP contribution >= 0.6 is 15.9 Å². The van der Waals surface area contributed by atoms with E-state index in [1.165, 1.54) is 6.20 Å². The lowest BCUT2D eigenvalue weighted by atomic mass is 10.1. The lowest BCUT2D eigenvalue weighted by Gasteiger charge is -2.10. The molecule has 0 atom stereocenters. The van der Waals surface area contributed by atoms with Crippen molar-refractivity contribution in [2.24, 2.45) is 0 Å². The molecule has 3 N–H and O–H groups in total. The van der Waals surface area contributed by atoms with Crippen molar-refractivity contribution in [2.45, 2.75) is 12.8 Å². The summed E-state index contributed by atoms with van der Waals surface area (Å²) in [6, 6.07) is 5.37. The maximum absolute atomic E-state index is 11.2. The van der Waals surface area contributed by atoms with Crippen LogP contribution < -0.4 is 10.6 Å². The van der Waals surface area contributed by atoms with Gasteiger partial charge in [0.25, 0.3) is 0 Å². The molecule has 1 aromatic carbocycles. The molecule has 23 heavy (non-hydrogen) atoms. The van der Waals surface area contributed by atoms with E-state index in [9.17, 15) is 14.9 Å². The van der Waals surface area contributed by atoms with Crippen LogP contribution in [-0.2, 0) is 0 Å². The van der Waals surface area contributed by atoms with Crippen molar-refractivity contribution in [1.82, 2.24) is 10.3 Å². The monoisotopic (exact) mass is 382 g/mol. The molecule has 0 aliphatic heterocycles. The third-order valence-corrected chi connectivity index (χ3v) is 3.68. The summed E-state index contributed by atoms with van der Waals surface area (Å²) in [5.41, 5.74) is 1.00.